The molecule has 0 unspecified atom stereocenters. The van der Waals surface area contributed by atoms with Gasteiger partial charge in [0.25, 0.3) is 0 Å². The van der Waals surface area contributed by atoms with Crippen LogP contribution in [0, 0.1) is 4.77 Å². The SMILES string of the molecule is Cn1c(-c2ccco2)nn(CN(Cc2ccc3ccccc3c2)C2CC2)c1=S. The average molecular weight is 391 g/mol. The van der Waals surface area contributed by atoms with Crippen LogP contribution in [0.3, 0.4) is 0 Å². The van der Waals surface area contributed by atoms with Gasteiger partial charge in [0.15, 0.2) is 16.4 Å². The van der Waals surface area contributed by atoms with Crippen molar-refractivity contribution >= 4 is 23.0 Å². The molecule has 4 aromatic rings. The molecule has 1 saturated carbocycles. The number of fused-ring (bicyclic) bond motifs is 1. The first-order chi connectivity index (χ1) is 13.7. The van der Waals surface area contributed by atoms with Crippen LogP contribution >= 0.6 is 12.2 Å². The lowest BCUT2D eigenvalue weighted by Crippen LogP contribution is -2.29. The highest BCUT2D eigenvalue weighted by molar-refractivity contribution is 7.71. The first-order valence-electron chi connectivity index (χ1n) is 9.58. The van der Waals surface area contributed by atoms with Crippen molar-refractivity contribution in [2.45, 2.75) is 32.1 Å². The summed E-state index contributed by atoms with van der Waals surface area (Å²) in [5.41, 5.74) is 1.32. The highest BCUT2D eigenvalue weighted by Crippen LogP contribution is 2.30. The van der Waals surface area contributed by atoms with E-state index in [0.29, 0.717) is 17.5 Å². The second-order valence-electron chi connectivity index (χ2n) is 7.44. The molecule has 1 fully saturated rings. The van der Waals surface area contributed by atoms with Gasteiger partial charge in [-0.15, -0.1) is 5.10 Å². The topological polar surface area (TPSA) is 39.1 Å². The van der Waals surface area contributed by atoms with Crippen molar-refractivity contribution in [2.75, 3.05) is 0 Å². The molecule has 0 amide bonds. The van der Waals surface area contributed by atoms with Gasteiger partial charge in [-0.2, -0.15) is 0 Å². The molecule has 1 aliphatic carbocycles. The van der Waals surface area contributed by atoms with E-state index < -0.39 is 0 Å². The molecule has 0 atom stereocenters. The summed E-state index contributed by atoms with van der Waals surface area (Å²) in [6.45, 7) is 1.58. The fourth-order valence-corrected chi connectivity index (χ4v) is 3.86. The molecule has 5 rings (SSSR count). The molecule has 0 bridgehead atoms. The molecule has 28 heavy (non-hydrogen) atoms. The second-order valence-corrected chi connectivity index (χ2v) is 7.81. The van der Waals surface area contributed by atoms with Crippen LogP contribution in [0.25, 0.3) is 22.4 Å². The maximum absolute atomic E-state index is 5.64. The summed E-state index contributed by atoms with van der Waals surface area (Å²) < 4.78 is 10.0. The van der Waals surface area contributed by atoms with E-state index in [0.717, 1.165) is 18.1 Å². The lowest BCUT2D eigenvalue weighted by molar-refractivity contribution is 0.186. The third-order valence-electron chi connectivity index (χ3n) is 5.36. The van der Waals surface area contributed by atoms with Crippen molar-refractivity contribution in [3.63, 3.8) is 0 Å². The normalized spacial score (nSPS) is 14.2. The Balaban J connectivity index is 1.42. The minimum absolute atomic E-state index is 0.599. The quantitative estimate of drug-likeness (QED) is 0.435. The first kappa shape index (κ1) is 17.4. The van der Waals surface area contributed by atoms with Gasteiger partial charge in [-0.25, -0.2) is 4.68 Å². The van der Waals surface area contributed by atoms with Gasteiger partial charge in [0, 0.05) is 19.6 Å². The monoisotopic (exact) mass is 390 g/mol. The van der Waals surface area contributed by atoms with Crippen molar-refractivity contribution in [3.8, 4) is 11.6 Å². The van der Waals surface area contributed by atoms with E-state index in [9.17, 15) is 0 Å². The number of nitrogens with zero attached hydrogens (tertiary/aromatic N) is 4. The Labute approximate surface area is 168 Å². The van der Waals surface area contributed by atoms with Gasteiger partial charge < -0.3 is 8.98 Å². The number of benzene rings is 2. The summed E-state index contributed by atoms with van der Waals surface area (Å²) in [6.07, 6.45) is 4.13. The summed E-state index contributed by atoms with van der Waals surface area (Å²) in [6, 6.07) is 19.6. The standard InChI is InChI=1S/C22H22N4OS/c1-24-21(20-7-4-12-27-20)23-26(22(24)28)15-25(19-10-11-19)14-16-8-9-17-5-2-3-6-18(17)13-16/h2-9,12-13,19H,10-11,14-15H2,1H3. The van der Waals surface area contributed by atoms with Crippen molar-refractivity contribution in [2.24, 2.45) is 7.05 Å². The fourth-order valence-electron chi connectivity index (χ4n) is 3.68. The van der Waals surface area contributed by atoms with Crippen LogP contribution in [0.5, 0.6) is 0 Å². The van der Waals surface area contributed by atoms with Crippen LogP contribution in [0.1, 0.15) is 18.4 Å². The first-order valence-corrected chi connectivity index (χ1v) is 9.99. The lowest BCUT2D eigenvalue weighted by Gasteiger charge is -2.22. The molecule has 0 radical (unpaired) electrons. The molecule has 6 heteroatoms. The van der Waals surface area contributed by atoms with Crippen molar-refractivity contribution < 1.29 is 4.42 Å². The van der Waals surface area contributed by atoms with E-state index in [1.165, 1.54) is 29.2 Å². The van der Waals surface area contributed by atoms with Crippen LogP contribution in [-0.4, -0.2) is 25.3 Å². The molecule has 0 spiro atoms. The van der Waals surface area contributed by atoms with Crippen LogP contribution in [0.2, 0.25) is 0 Å². The average Bonchev–Trinajstić information content (AvgIpc) is 3.36. The maximum atomic E-state index is 5.64. The van der Waals surface area contributed by atoms with E-state index in [1.807, 2.05) is 28.4 Å². The third-order valence-corrected chi connectivity index (χ3v) is 5.85. The zero-order valence-corrected chi connectivity index (χ0v) is 16.6. The highest BCUT2D eigenvalue weighted by Gasteiger charge is 2.30. The summed E-state index contributed by atoms with van der Waals surface area (Å²) >= 11 is 5.64. The number of aromatic nitrogens is 3. The maximum Gasteiger partial charge on any atom is 0.199 e. The zero-order chi connectivity index (χ0) is 19.1. The molecule has 0 N–H and O–H groups in total. The van der Waals surface area contributed by atoms with Crippen molar-refractivity contribution in [1.29, 1.82) is 0 Å². The van der Waals surface area contributed by atoms with Gasteiger partial charge in [-0.05, 0) is 59.6 Å². The summed E-state index contributed by atoms with van der Waals surface area (Å²) in [7, 11) is 1.94. The van der Waals surface area contributed by atoms with Gasteiger partial charge in [-0.3, -0.25) is 4.90 Å². The van der Waals surface area contributed by atoms with Crippen LogP contribution in [-0.2, 0) is 20.3 Å². The minimum atomic E-state index is 0.599. The molecule has 2 heterocycles. The van der Waals surface area contributed by atoms with E-state index in [-0.39, 0.29) is 0 Å². The molecule has 5 nitrogen and oxygen atoms in total. The van der Waals surface area contributed by atoms with Crippen LogP contribution in [0.15, 0.2) is 65.3 Å². The predicted molar refractivity (Wildman–Crippen MR) is 112 cm³/mol. The Morgan fingerprint density at radius 2 is 1.93 bits per heavy atom. The van der Waals surface area contributed by atoms with Crippen LogP contribution in [0.4, 0.5) is 0 Å². The Hall–Kier alpha value is -2.70. The molecule has 0 aliphatic heterocycles. The van der Waals surface area contributed by atoms with E-state index in [4.69, 9.17) is 21.7 Å². The number of rotatable bonds is 6. The summed E-state index contributed by atoms with van der Waals surface area (Å²) in [5, 5.41) is 7.29. The van der Waals surface area contributed by atoms with E-state index in [1.54, 1.807) is 6.26 Å². The number of furan rings is 1. The van der Waals surface area contributed by atoms with E-state index >= 15 is 0 Å². The predicted octanol–water partition coefficient (Wildman–Crippen LogP) is 4.99. The van der Waals surface area contributed by atoms with Crippen LogP contribution < -0.4 is 0 Å². The Morgan fingerprint density at radius 3 is 2.68 bits per heavy atom. The number of hydrogen-bond acceptors (Lipinski definition) is 4. The Bertz CT molecular complexity index is 1170. The van der Waals surface area contributed by atoms with Gasteiger partial charge >= 0.3 is 0 Å². The minimum Gasteiger partial charge on any atom is -0.461 e. The molecule has 0 saturated heterocycles. The second kappa shape index (κ2) is 7.04. The largest absolute Gasteiger partial charge is 0.461 e. The molecule has 142 valence electrons. The molecule has 2 aromatic heterocycles. The summed E-state index contributed by atoms with van der Waals surface area (Å²) in [4.78, 5) is 2.47. The molecule has 2 aromatic carbocycles. The van der Waals surface area contributed by atoms with Crippen molar-refractivity contribution in [1.82, 2.24) is 19.2 Å². The molecule has 1 aliphatic rings. The third kappa shape index (κ3) is 3.30. The van der Waals surface area contributed by atoms with Gasteiger partial charge in [0.05, 0.1) is 12.9 Å². The Kier molecular flexibility index (Phi) is 4.37. The number of hydrogen-bond donors (Lipinski definition) is 0. The van der Waals surface area contributed by atoms with Gasteiger partial charge in [0.1, 0.15) is 0 Å². The smallest absolute Gasteiger partial charge is 0.199 e. The fraction of sp³-hybridized carbons (Fsp3) is 0.273. The van der Waals surface area contributed by atoms with Gasteiger partial charge in [0.2, 0.25) is 0 Å². The van der Waals surface area contributed by atoms with Gasteiger partial charge in [-0.1, -0.05) is 36.4 Å². The molecular formula is C22H22N4OS. The highest BCUT2D eigenvalue weighted by atomic mass is 32.1. The summed E-state index contributed by atoms with van der Waals surface area (Å²) in [5.74, 6) is 1.50. The zero-order valence-electron chi connectivity index (χ0n) is 15.8. The van der Waals surface area contributed by atoms with E-state index in [2.05, 4.69) is 47.4 Å². The molecular weight excluding hydrogens is 368 g/mol. The van der Waals surface area contributed by atoms with Crippen molar-refractivity contribution in [3.05, 3.63) is 71.2 Å². The lowest BCUT2D eigenvalue weighted by atomic mass is 10.1. The Morgan fingerprint density at radius 1 is 1.11 bits per heavy atom.